The summed E-state index contributed by atoms with van der Waals surface area (Å²) in [4.78, 5) is -0.176. The van der Waals surface area contributed by atoms with Crippen molar-refractivity contribution in [1.29, 1.82) is 0 Å². The summed E-state index contributed by atoms with van der Waals surface area (Å²) in [5, 5.41) is 1.92. The van der Waals surface area contributed by atoms with Gasteiger partial charge in [0.2, 0.25) is 0 Å². The Labute approximate surface area is 141 Å². The van der Waals surface area contributed by atoms with Crippen molar-refractivity contribution >= 4 is 37.1 Å². The lowest BCUT2D eigenvalue weighted by atomic mass is 10.2. The van der Waals surface area contributed by atoms with E-state index in [1.807, 2.05) is 0 Å². The van der Waals surface area contributed by atoms with Crippen molar-refractivity contribution in [1.82, 2.24) is 0 Å². The summed E-state index contributed by atoms with van der Waals surface area (Å²) < 4.78 is 65.8. The van der Waals surface area contributed by atoms with E-state index in [1.54, 1.807) is 30.3 Å². The van der Waals surface area contributed by atoms with Gasteiger partial charge in [-0.1, -0.05) is 36.4 Å². The van der Waals surface area contributed by atoms with Gasteiger partial charge in [0.15, 0.2) is 0 Å². The van der Waals surface area contributed by atoms with Gasteiger partial charge >= 0.3 is 6.18 Å². The van der Waals surface area contributed by atoms with Crippen LogP contribution in [0.1, 0.15) is 0 Å². The lowest BCUT2D eigenvalue weighted by Crippen LogP contribution is -2.39. The van der Waals surface area contributed by atoms with Crippen LogP contribution >= 0.6 is 11.3 Å². The lowest BCUT2D eigenvalue weighted by Gasteiger charge is -2.25. The summed E-state index contributed by atoms with van der Waals surface area (Å²) in [7, 11) is -4.33. The highest BCUT2D eigenvalue weighted by Gasteiger charge is 2.38. The van der Waals surface area contributed by atoms with Crippen LogP contribution in [0.2, 0.25) is 0 Å². The van der Waals surface area contributed by atoms with Gasteiger partial charge in [-0.15, -0.1) is 11.3 Å². The van der Waals surface area contributed by atoms with Gasteiger partial charge in [0.05, 0.1) is 10.6 Å². The summed E-state index contributed by atoms with van der Waals surface area (Å²) in [6, 6.07) is 13.9. The minimum Gasteiger partial charge on any atom is -0.256 e. The number of halogens is 3. The van der Waals surface area contributed by atoms with Gasteiger partial charge in [-0.05, 0) is 18.2 Å². The number of anilines is 1. The normalized spacial score (nSPS) is 12.5. The average molecular weight is 371 g/mol. The molecule has 3 rings (SSSR count). The van der Waals surface area contributed by atoms with Crippen LogP contribution in [0.3, 0.4) is 0 Å². The topological polar surface area (TPSA) is 37.4 Å². The maximum Gasteiger partial charge on any atom is 0.407 e. The number of sulfonamides is 1. The van der Waals surface area contributed by atoms with E-state index in [0.29, 0.717) is 9.69 Å². The zero-order valence-corrected chi connectivity index (χ0v) is 13.8. The predicted molar refractivity (Wildman–Crippen MR) is 88.9 cm³/mol. The highest BCUT2D eigenvalue weighted by atomic mass is 32.2. The summed E-state index contributed by atoms with van der Waals surface area (Å²) in [6.07, 6.45) is -4.66. The van der Waals surface area contributed by atoms with Crippen molar-refractivity contribution in [2.24, 2.45) is 0 Å². The minimum absolute atomic E-state index is 0.0387. The standard InChI is InChI=1S/C16H12F3NO2S2/c17-16(18,19)11-20(24(21,22)12-6-2-1-3-7-12)14-10-23-15-9-5-4-8-13(14)15/h1-10H,11H2. The molecule has 0 unspecified atom stereocenters. The molecule has 0 aliphatic heterocycles. The van der Waals surface area contributed by atoms with Crippen LogP contribution in [0, 0.1) is 0 Å². The Morgan fingerprint density at radius 2 is 1.58 bits per heavy atom. The molecule has 1 aromatic heterocycles. The average Bonchev–Trinajstić information content (AvgIpc) is 2.96. The molecule has 126 valence electrons. The molecule has 0 spiro atoms. The van der Waals surface area contributed by atoms with Crippen LogP contribution in [0.4, 0.5) is 18.9 Å². The van der Waals surface area contributed by atoms with Crippen molar-refractivity contribution < 1.29 is 21.6 Å². The Hall–Kier alpha value is -2.06. The van der Waals surface area contributed by atoms with Gasteiger partial charge in [0, 0.05) is 15.5 Å². The molecule has 0 fully saturated rings. The van der Waals surface area contributed by atoms with Crippen molar-refractivity contribution in [3.05, 3.63) is 60.0 Å². The smallest absolute Gasteiger partial charge is 0.256 e. The van der Waals surface area contributed by atoms with Crippen molar-refractivity contribution in [3.8, 4) is 0 Å². The SMILES string of the molecule is O=S(=O)(c1ccccc1)N(CC(F)(F)F)c1csc2ccccc12. The highest BCUT2D eigenvalue weighted by molar-refractivity contribution is 7.92. The molecule has 0 amide bonds. The van der Waals surface area contributed by atoms with Crippen molar-refractivity contribution in [2.45, 2.75) is 11.1 Å². The zero-order valence-electron chi connectivity index (χ0n) is 12.2. The molecule has 0 saturated carbocycles. The molecule has 0 saturated heterocycles. The molecular formula is C16H12F3NO2S2. The van der Waals surface area contributed by atoms with Gasteiger partial charge in [0.1, 0.15) is 6.54 Å². The fourth-order valence-electron chi connectivity index (χ4n) is 2.34. The Bertz CT molecular complexity index is 950. The first kappa shape index (κ1) is 16.8. The van der Waals surface area contributed by atoms with Gasteiger partial charge in [-0.2, -0.15) is 13.2 Å². The maximum absolute atomic E-state index is 13.0. The molecule has 1 heterocycles. The summed E-state index contributed by atoms with van der Waals surface area (Å²) in [5.41, 5.74) is 0.0387. The van der Waals surface area contributed by atoms with E-state index in [0.717, 1.165) is 4.70 Å². The summed E-state index contributed by atoms with van der Waals surface area (Å²) in [6.45, 7) is -1.58. The quantitative estimate of drug-likeness (QED) is 0.669. The number of alkyl halides is 3. The van der Waals surface area contributed by atoms with E-state index in [2.05, 4.69) is 0 Å². The molecule has 0 atom stereocenters. The number of hydrogen-bond acceptors (Lipinski definition) is 3. The Kier molecular flexibility index (Phi) is 4.27. The molecular weight excluding hydrogens is 359 g/mol. The highest BCUT2D eigenvalue weighted by Crippen LogP contribution is 2.37. The molecule has 3 nitrogen and oxygen atoms in total. The molecule has 0 bridgehead atoms. The summed E-state index contributed by atoms with van der Waals surface area (Å²) in [5.74, 6) is 0. The van der Waals surface area contributed by atoms with E-state index in [9.17, 15) is 21.6 Å². The second-order valence-corrected chi connectivity index (χ2v) is 7.83. The van der Waals surface area contributed by atoms with Crippen molar-refractivity contribution in [2.75, 3.05) is 10.8 Å². The van der Waals surface area contributed by atoms with E-state index >= 15 is 0 Å². The Morgan fingerprint density at radius 3 is 2.25 bits per heavy atom. The number of benzene rings is 2. The molecule has 8 heteroatoms. The third-order valence-electron chi connectivity index (χ3n) is 3.38. The number of hydrogen-bond donors (Lipinski definition) is 0. The van der Waals surface area contributed by atoms with Crippen LogP contribution in [0.25, 0.3) is 10.1 Å². The van der Waals surface area contributed by atoms with Crippen LogP contribution in [-0.2, 0) is 10.0 Å². The van der Waals surface area contributed by atoms with E-state index < -0.39 is 22.7 Å². The number of thiophene rings is 1. The van der Waals surface area contributed by atoms with E-state index in [-0.39, 0.29) is 10.6 Å². The number of fused-ring (bicyclic) bond motifs is 1. The van der Waals surface area contributed by atoms with Crippen LogP contribution < -0.4 is 4.31 Å². The molecule has 3 aromatic rings. The molecule has 2 aromatic carbocycles. The second-order valence-electron chi connectivity index (χ2n) is 5.06. The number of nitrogens with zero attached hydrogens (tertiary/aromatic N) is 1. The predicted octanol–water partition coefficient (Wildman–Crippen LogP) is 4.66. The third-order valence-corrected chi connectivity index (χ3v) is 6.11. The molecule has 0 radical (unpaired) electrons. The fourth-order valence-corrected chi connectivity index (χ4v) is 4.84. The molecule has 0 aliphatic carbocycles. The monoisotopic (exact) mass is 371 g/mol. The first-order chi connectivity index (χ1) is 11.3. The fraction of sp³-hybridized carbons (Fsp3) is 0.125. The Balaban J connectivity index is 2.18. The third kappa shape index (κ3) is 3.25. The van der Waals surface area contributed by atoms with Gasteiger partial charge < -0.3 is 0 Å². The van der Waals surface area contributed by atoms with E-state index in [4.69, 9.17) is 0 Å². The number of rotatable bonds is 4. The maximum atomic E-state index is 13.0. The largest absolute Gasteiger partial charge is 0.407 e. The van der Waals surface area contributed by atoms with Gasteiger partial charge in [0.25, 0.3) is 10.0 Å². The summed E-state index contributed by atoms with van der Waals surface area (Å²) >= 11 is 1.21. The van der Waals surface area contributed by atoms with Gasteiger partial charge in [-0.25, -0.2) is 8.42 Å². The molecule has 0 aliphatic rings. The first-order valence-corrected chi connectivity index (χ1v) is 9.22. The van der Waals surface area contributed by atoms with Crippen LogP contribution in [0.15, 0.2) is 64.9 Å². The minimum atomic E-state index is -4.66. The Morgan fingerprint density at radius 1 is 0.958 bits per heavy atom. The van der Waals surface area contributed by atoms with Crippen LogP contribution in [-0.4, -0.2) is 21.1 Å². The van der Waals surface area contributed by atoms with Crippen LogP contribution in [0.5, 0.6) is 0 Å². The van der Waals surface area contributed by atoms with Gasteiger partial charge in [-0.3, -0.25) is 4.31 Å². The molecule has 0 N–H and O–H groups in total. The van der Waals surface area contributed by atoms with Crippen molar-refractivity contribution in [3.63, 3.8) is 0 Å². The zero-order chi connectivity index (χ0) is 17.4. The van der Waals surface area contributed by atoms with E-state index in [1.165, 1.54) is 41.0 Å². The lowest BCUT2D eigenvalue weighted by molar-refractivity contribution is -0.117. The first-order valence-electron chi connectivity index (χ1n) is 6.90. The second kappa shape index (κ2) is 6.10. The molecule has 24 heavy (non-hydrogen) atoms.